The van der Waals surface area contributed by atoms with Crippen LogP contribution in [0, 0.1) is 13.8 Å². The van der Waals surface area contributed by atoms with E-state index >= 15 is 0 Å². The quantitative estimate of drug-likeness (QED) is 0.547. The van der Waals surface area contributed by atoms with E-state index in [4.69, 9.17) is 4.74 Å². The van der Waals surface area contributed by atoms with Crippen molar-refractivity contribution in [2.45, 2.75) is 20.4 Å². The molecule has 0 radical (unpaired) electrons. The minimum absolute atomic E-state index is 0.0830. The van der Waals surface area contributed by atoms with Crippen molar-refractivity contribution in [2.24, 2.45) is 0 Å². The molecular formula is C21H20N6O3. The van der Waals surface area contributed by atoms with Crippen LogP contribution >= 0.6 is 0 Å². The maximum absolute atomic E-state index is 12.8. The molecule has 9 nitrogen and oxygen atoms in total. The third-order valence-electron chi connectivity index (χ3n) is 4.70. The summed E-state index contributed by atoms with van der Waals surface area (Å²) in [7, 11) is 1.57. The van der Waals surface area contributed by atoms with Crippen LogP contribution in [-0.4, -0.2) is 37.6 Å². The van der Waals surface area contributed by atoms with Gasteiger partial charge in [0.05, 0.1) is 12.8 Å². The van der Waals surface area contributed by atoms with Crippen molar-refractivity contribution in [1.82, 2.24) is 24.5 Å². The van der Waals surface area contributed by atoms with Crippen LogP contribution in [-0.2, 0) is 11.3 Å². The zero-order valence-electron chi connectivity index (χ0n) is 16.8. The molecule has 1 N–H and O–H groups in total. The summed E-state index contributed by atoms with van der Waals surface area (Å²) < 4.78 is 7.89. The van der Waals surface area contributed by atoms with Gasteiger partial charge in [-0.25, -0.2) is 4.98 Å². The predicted molar refractivity (Wildman–Crippen MR) is 112 cm³/mol. The molecule has 0 unspecified atom stereocenters. The highest BCUT2D eigenvalue weighted by Crippen LogP contribution is 2.18. The number of rotatable bonds is 5. The molecule has 0 saturated carbocycles. The number of hydrogen-bond acceptors (Lipinski definition) is 6. The molecule has 0 spiro atoms. The van der Waals surface area contributed by atoms with Gasteiger partial charge in [-0.2, -0.15) is 4.68 Å². The fraction of sp³-hybridized carbons (Fsp3) is 0.190. The second-order valence-electron chi connectivity index (χ2n) is 6.92. The lowest BCUT2D eigenvalue weighted by molar-refractivity contribution is -0.116. The standard InChI is InChI=1S/C21H20N6O3/c1-13-7-8-17(14(2)9-13)23-18(28)11-26-12-22-20-19(21(26)29)24-25-27(20)15-5-4-6-16(10-15)30-3/h4-10,12H,11H2,1-3H3,(H,23,28). The van der Waals surface area contributed by atoms with Crippen LogP contribution in [0.5, 0.6) is 5.75 Å². The van der Waals surface area contributed by atoms with Crippen LogP contribution in [0.4, 0.5) is 5.69 Å². The van der Waals surface area contributed by atoms with Gasteiger partial charge in [0.2, 0.25) is 5.91 Å². The first-order chi connectivity index (χ1) is 14.5. The predicted octanol–water partition coefficient (Wildman–Crippen LogP) is 2.24. The number of methoxy groups -OCH3 is 1. The van der Waals surface area contributed by atoms with Crippen molar-refractivity contribution in [2.75, 3.05) is 12.4 Å². The number of amides is 1. The van der Waals surface area contributed by atoms with E-state index in [0.29, 0.717) is 22.8 Å². The van der Waals surface area contributed by atoms with Gasteiger partial charge in [-0.3, -0.25) is 14.2 Å². The Kier molecular flexibility index (Phi) is 5.01. The van der Waals surface area contributed by atoms with Gasteiger partial charge in [0.1, 0.15) is 18.6 Å². The molecule has 30 heavy (non-hydrogen) atoms. The van der Waals surface area contributed by atoms with Crippen LogP contribution < -0.4 is 15.6 Å². The van der Waals surface area contributed by atoms with Gasteiger partial charge in [0.15, 0.2) is 11.2 Å². The number of anilines is 1. The average molecular weight is 404 g/mol. The number of nitrogens with one attached hydrogen (secondary N) is 1. The number of aromatic nitrogens is 5. The SMILES string of the molecule is COc1cccc(-n2nnc3c(=O)n(CC(=O)Nc4ccc(C)cc4C)cnc32)c1. The number of aryl methyl sites for hydroxylation is 2. The molecule has 4 rings (SSSR count). The molecule has 0 aliphatic rings. The molecule has 4 aromatic rings. The van der Waals surface area contributed by atoms with Crippen LogP contribution in [0.15, 0.2) is 53.6 Å². The van der Waals surface area contributed by atoms with Crippen LogP contribution in [0.1, 0.15) is 11.1 Å². The number of fused-ring (bicyclic) bond motifs is 1. The fourth-order valence-corrected chi connectivity index (χ4v) is 3.17. The Morgan fingerprint density at radius 1 is 1.17 bits per heavy atom. The summed E-state index contributed by atoms with van der Waals surface area (Å²) in [6.45, 7) is 3.72. The second kappa shape index (κ2) is 7.78. The maximum Gasteiger partial charge on any atom is 0.284 e. The van der Waals surface area contributed by atoms with Crippen molar-refractivity contribution in [3.8, 4) is 11.4 Å². The Morgan fingerprint density at radius 3 is 2.77 bits per heavy atom. The van der Waals surface area contributed by atoms with E-state index in [9.17, 15) is 9.59 Å². The van der Waals surface area contributed by atoms with E-state index in [-0.39, 0.29) is 18.0 Å². The highest BCUT2D eigenvalue weighted by atomic mass is 16.5. The molecule has 0 bridgehead atoms. The normalized spacial score (nSPS) is 10.9. The van der Waals surface area contributed by atoms with Gasteiger partial charge in [0.25, 0.3) is 5.56 Å². The Hall–Kier alpha value is -4.01. The van der Waals surface area contributed by atoms with Crippen LogP contribution in [0.25, 0.3) is 16.9 Å². The molecular weight excluding hydrogens is 384 g/mol. The number of nitrogens with zero attached hydrogens (tertiary/aromatic N) is 5. The summed E-state index contributed by atoms with van der Waals surface area (Å²) in [5, 5.41) is 10.8. The van der Waals surface area contributed by atoms with Gasteiger partial charge < -0.3 is 10.1 Å². The van der Waals surface area contributed by atoms with Gasteiger partial charge in [-0.05, 0) is 37.6 Å². The van der Waals surface area contributed by atoms with Crippen molar-refractivity contribution in [3.05, 3.63) is 70.3 Å². The topological polar surface area (TPSA) is 104 Å². The van der Waals surface area contributed by atoms with E-state index in [1.807, 2.05) is 32.0 Å². The Morgan fingerprint density at radius 2 is 2.00 bits per heavy atom. The van der Waals surface area contributed by atoms with E-state index in [1.165, 1.54) is 15.6 Å². The first-order valence-corrected chi connectivity index (χ1v) is 9.28. The smallest absolute Gasteiger partial charge is 0.284 e. The summed E-state index contributed by atoms with van der Waals surface area (Å²) in [6.07, 6.45) is 1.33. The maximum atomic E-state index is 12.8. The largest absolute Gasteiger partial charge is 0.497 e. The molecule has 2 heterocycles. The fourth-order valence-electron chi connectivity index (χ4n) is 3.17. The summed E-state index contributed by atoms with van der Waals surface area (Å²) >= 11 is 0. The van der Waals surface area contributed by atoms with E-state index in [0.717, 1.165) is 11.1 Å². The lowest BCUT2D eigenvalue weighted by atomic mass is 10.1. The second-order valence-corrected chi connectivity index (χ2v) is 6.92. The van der Waals surface area contributed by atoms with Gasteiger partial charge in [0, 0.05) is 11.8 Å². The molecule has 0 aliphatic carbocycles. The molecule has 9 heteroatoms. The van der Waals surface area contributed by atoms with Crippen LogP contribution in [0.3, 0.4) is 0 Å². The lowest BCUT2D eigenvalue weighted by Gasteiger charge is -2.10. The molecule has 2 aromatic carbocycles. The minimum Gasteiger partial charge on any atom is -0.497 e. The number of carbonyl (C=O) groups is 1. The average Bonchev–Trinajstić information content (AvgIpc) is 3.17. The molecule has 0 fully saturated rings. The Bertz CT molecular complexity index is 1310. The van der Waals surface area contributed by atoms with Gasteiger partial charge in [-0.15, -0.1) is 5.10 Å². The van der Waals surface area contributed by atoms with Crippen LogP contribution in [0.2, 0.25) is 0 Å². The van der Waals surface area contributed by atoms with E-state index in [2.05, 4.69) is 20.6 Å². The Labute approximate surface area is 171 Å². The zero-order valence-corrected chi connectivity index (χ0v) is 16.8. The number of ether oxygens (including phenoxy) is 1. The molecule has 152 valence electrons. The van der Waals surface area contributed by atoms with Crippen molar-refractivity contribution in [1.29, 1.82) is 0 Å². The summed E-state index contributed by atoms with van der Waals surface area (Å²) in [5.41, 5.74) is 3.37. The first-order valence-electron chi connectivity index (χ1n) is 9.28. The van der Waals surface area contributed by atoms with Gasteiger partial charge >= 0.3 is 0 Å². The zero-order chi connectivity index (χ0) is 21.3. The molecule has 1 amide bonds. The summed E-state index contributed by atoms with van der Waals surface area (Å²) in [5.74, 6) is 0.318. The lowest BCUT2D eigenvalue weighted by Crippen LogP contribution is -2.28. The molecule has 2 aromatic heterocycles. The molecule has 0 saturated heterocycles. The van der Waals surface area contributed by atoms with Crippen molar-refractivity contribution >= 4 is 22.8 Å². The summed E-state index contributed by atoms with van der Waals surface area (Å²) in [4.78, 5) is 29.6. The summed E-state index contributed by atoms with van der Waals surface area (Å²) in [6, 6.07) is 12.9. The number of hydrogen-bond donors (Lipinski definition) is 1. The molecule has 0 aliphatic heterocycles. The number of benzene rings is 2. The van der Waals surface area contributed by atoms with Crippen molar-refractivity contribution < 1.29 is 9.53 Å². The Balaban J connectivity index is 1.61. The minimum atomic E-state index is -0.440. The third-order valence-corrected chi connectivity index (χ3v) is 4.70. The first kappa shape index (κ1) is 19.3. The highest BCUT2D eigenvalue weighted by molar-refractivity contribution is 5.91. The third kappa shape index (κ3) is 3.64. The van der Waals surface area contributed by atoms with Gasteiger partial charge in [-0.1, -0.05) is 29.0 Å². The van der Waals surface area contributed by atoms with E-state index < -0.39 is 5.56 Å². The van der Waals surface area contributed by atoms with Crippen molar-refractivity contribution in [3.63, 3.8) is 0 Å². The van der Waals surface area contributed by atoms with E-state index in [1.54, 1.807) is 31.4 Å². The molecule has 0 atom stereocenters. The highest BCUT2D eigenvalue weighted by Gasteiger charge is 2.15. The monoisotopic (exact) mass is 404 g/mol. The number of carbonyl (C=O) groups excluding carboxylic acids is 1.